The number of hydrogen-bond acceptors (Lipinski definition) is 0. The van der Waals surface area contributed by atoms with E-state index in [9.17, 15) is 0 Å². The highest BCUT2D eigenvalue weighted by molar-refractivity contribution is 6.17. The molecule has 0 aromatic rings. The lowest BCUT2D eigenvalue weighted by Crippen LogP contribution is -1.72. The van der Waals surface area contributed by atoms with Gasteiger partial charge in [-0.15, -0.1) is 11.6 Å². The van der Waals surface area contributed by atoms with E-state index in [0.29, 0.717) is 0 Å². The summed E-state index contributed by atoms with van der Waals surface area (Å²) in [6, 6.07) is 0. The predicted octanol–water partition coefficient (Wildman–Crippen LogP) is 2.97. The SMILES string of the molecule is CC/C(C)=C/CCCl. The molecule has 0 unspecified atom stereocenters. The first kappa shape index (κ1) is 8.03. The molecular weight excluding hydrogens is 120 g/mol. The fraction of sp³-hybridized carbons (Fsp3) is 0.714. The third-order valence-electron chi connectivity index (χ3n) is 1.16. The molecule has 48 valence electrons. The molecular formula is C7H13Cl. The van der Waals surface area contributed by atoms with Crippen LogP contribution in [0.1, 0.15) is 26.7 Å². The van der Waals surface area contributed by atoms with Crippen molar-refractivity contribution in [3.05, 3.63) is 11.6 Å². The fourth-order valence-corrected chi connectivity index (χ4v) is 0.554. The maximum absolute atomic E-state index is 5.46. The summed E-state index contributed by atoms with van der Waals surface area (Å²) in [5.74, 6) is 0.747. The Hall–Kier alpha value is 0.0300. The minimum atomic E-state index is 0.747. The van der Waals surface area contributed by atoms with Crippen molar-refractivity contribution in [2.75, 3.05) is 5.88 Å². The molecule has 0 heterocycles. The molecule has 0 saturated carbocycles. The van der Waals surface area contributed by atoms with Gasteiger partial charge in [-0.1, -0.05) is 18.6 Å². The topological polar surface area (TPSA) is 0 Å². The van der Waals surface area contributed by atoms with E-state index in [4.69, 9.17) is 11.6 Å². The highest BCUT2D eigenvalue weighted by Crippen LogP contribution is 1.99. The van der Waals surface area contributed by atoms with Crippen LogP contribution in [0.3, 0.4) is 0 Å². The van der Waals surface area contributed by atoms with Gasteiger partial charge in [0, 0.05) is 5.88 Å². The van der Waals surface area contributed by atoms with E-state index in [2.05, 4.69) is 19.9 Å². The minimum absolute atomic E-state index is 0.747. The van der Waals surface area contributed by atoms with Crippen molar-refractivity contribution in [1.29, 1.82) is 0 Å². The summed E-state index contributed by atoms with van der Waals surface area (Å²) >= 11 is 5.46. The molecule has 0 aromatic heterocycles. The normalized spacial score (nSPS) is 12.1. The molecule has 0 atom stereocenters. The molecule has 0 spiro atoms. The van der Waals surface area contributed by atoms with Crippen LogP contribution in [0.5, 0.6) is 0 Å². The zero-order chi connectivity index (χ0) is 6.41. The largest absolute Gasteiger partial charge is 0.126 e. The number of allylic oxidation sites excluding steroid dienone is 2. The monoisotopic (exact) mass is 132 g/mol. The minimum Gasteiger partial charge on any atom is -0.126 e. The van der Waals surface area contributed by atoms with Crippen LogP contribution in [0.15, 0.2) is 11.6 Å². The Morgan fingerprint density at radius 3 is 2.62 bits per heavy atom. The third-order valence-corrected chi connectivity index (χ3v) is 1.38. The Labute approximate surface area is 56.5 Å². The zero-order valence-electron chi connectivity index (χ0n) is 5.58. The fourth-order valence-electron chi connectivity index (χ4n) is 0.445. The molecule has 8 heavy (non-hydrogen) atoms. The quantitative estimate of drug-likeness (QED) is 0.409. The van der Waals surface area contributed by atoms with Gasteiger partial charge in [-0.05, 0) is 19.8 Å². The third kappa shape index (κ3) is 4.20. The Bertz CT molecular complexity index is 74.5. The van der Waals surface area contributed by atoms with Gasteiger partial charge in [0.15, 0.2) is 0 Å². The summed E-state index contributed by atoms with van der Waals surface area (Å²) in [5, 5.41) is 0. The van der Waals surface area contributed by atoms with Gasteiger partial charge in [0.25, 0.3) is 0 Å². The molecule has 0 fully saturated rings. The molecule has 0 aromatic carbocycles. The Morgan fingerprint density at radius 1 is 1.62 bits per heavy atom. The van der Waals surface area contributed by atoms with Crippen molar-refractivity contribution in [1.82, 2.24) is 0 Å². The molecule has 1 heteroatoms. The molecule has 0 N–H and O–H groups in total. The Balaban J connectivity index is 3.26. The van der Waals surface area contributed by atoms with E-state index >= 15 is 0 Å². The van der Waals surface area contributed by atoms with Crippen LogP contribution in [0.4, 0.5) is 0 Å². The standard InChI is InChI=1S/C7H13Cl/c1-3-7(2)5-4-6-8/h5H,3-4,6H2,1-2H3/b7-5+. The van der Waals surface area contributed by atoms with Crippen LogP contribution in [0.25, 0.3) is 0 Å². The van der Waals surface area contributed by atoms with Crippen molar-refractivity contribution >= 4 is 11.6 Å². The average Bonchev–Trinajstić information content (AvgIpc) is 1.83. The summed E-state index contributed by atoms with van der Waals surface area (Å²) in [5.41, 5.74) is 1.44. The first-order valence-electron chi connectivity index (χ1n) is 3.02. The number of halogens is 1. The van der Waals surface area contributed by atoms with E-state index in [1.165, 1.54) is 5.57 Å². The zero-order valence-corrected chi connectivity index (χ0v) is 6.33. The Morgan fingerprint density at radius 2 is 2.25 bits per heavy atom. The molecule has 0 nitrogen and oxygen atoms in total. The molecule has 0 aliphatic rings. The van der Waals surface area contributed by atoms with Gasteiger partial charge in [-0.3, -0.25) is 0 Å². The first-order valence-corrected chi connectivity index (χ1v) is 3.56. The van der Waals surface area contributed by atoms with Crippen molar-refractivity contribution in [3.63, 3.8) is 0 Å². The van der Waals surface area contributed by atoms with Gasteiger partial charge in [0.1, 0.15) is 0 Å². The van der Waals surface area contributed by atoms with Crippen molar-refractivity contribution in [2.24, 2.45) is 0 Å². The second kappa shape index (κ2) is 5.17. The van der Waals surface area contributed by atoms with E-state index in [1.54, 1.807) is 0 Å². The lowest BCUT2D eigenvalue weighted by molar-refractivity contribution is 1.06. The lowest BCUT2D eigenvalue weighted by Gasteiger charge is -1.90. The first-order chi connectivity index (χ1) is 3.81. The van der Waals surface area contributed by atoms with Gasteiger partial charge in [-0.25, -0.2) is 0 Å². The van der Waals surface area contributed by atoms with Gasteiger partial charge in [0.05, 0.1) is 0 Å². The highest BCUT2D eigenvalue weighted by atomic mass is 35.5. The Kier molecular flexibility index (Phi) is 5.19. The van der Waals surface area contributed by atoms with Crippen LogP contribution >= 0.6 is 11.6 Å². The van der Waals surface area contributed by atoms with Crippen LogP contribution in [0.2, 0.25) is 0 Å². The number of alkyl halides is 1. The van der Waals surface area contributed by atoms with E-state index < -0.39 is 0 Å². The smallest absolute Gasteiger partial charge is 0.0258 e. The number of hydrogen-bond donors (Lipinski definition) is 0. The second-order valence-electron chi connectivity index (χ2n) is 1.88. The van der Waals surface area contributed by atoms with Gasteiger partial charge < -0.3 is 0 Å². The molecule has 0 saturated heterocycles. The summed E-state index contributed by atoms with van der Waals surface area (Å²) in [7, 11) is 0. The van der Waals surface area contributed by atoms with Crippen LogP contribution in [0, 0.1) is 0 Å². The van der Waals surface area contributed by atoms with E-state index in [0.717, 1.165) is 18.7 Å². The van der Waals surface area contributed by atoms with Crippen molar-refractivity contribution in [3.8, 4) is 0 Å². The maximum atomic E-state index is 5.46. The molecule has 0 bridgehead atoms. The molecule has 0 rings (SSSR count). The number of rotatable bonds is 3. The molecule has 0 aliphatic heterocycles. The van der Waals surface area contributed by atoms with Crippen LogP contribution < -0.4 is 0 Å². The van der Waals surface area contributed by atoms with Gasteiger partial charge in [0.2, 0.25) is 0 Å². The van der Waals surface area contributed by atoms with Gasteiger partial charge in [-0.2, -0.15) is 0 Å². The van der Waals surface area contributed by atoms with Gasteiger partial charge >= 0.3 is 0 Å². The molecule has 0 aliphatic carbocycles. The molecule has 0 radical (unpaired) electrons. The average molecular weight is 133 g/mol. The van der Waals surface area contributed by atoms with Crippen LogP contribution in [-0.2, 0) is 0 Å². The molecule has 0 amide bonds. The van der Waals surface area contributed by atoms with E-state index in [-0.39, 0.29) is 0 Å². The second-order valence-corrected chi connectivity index (χ2v) is 2.26. The lowest BCUT2D eigenvalue weighted by atomic mass is 10.2. The van der Waals surface area contributed by atoms with E-state index in [1.807, 2.05) is 0 Å². The van der Waals surface area contributed by atoms with Crippen LogP contribution in [-0.4, -0.2) is 5.88 Å². The van der Waals surface area contributed by atoms with Crippen molar-refractivity contribution < 1.29 is 0 Å². The summed E-state index contributed by atoms with van der Waals surface area (Å²) < 4.78 is 0. The summed E-state index contributed by atoms with van der Waals surface area (Å²) in [6.07, 6.45) is 4.35. The predicted molar refractivity (Wildman–Crippen MR) is 39.4 cm³/mol. The summed E-state index contributed by atoms with van der Waals surface area (Å²) in [6.45, 7) is 4.28. The highest BCUT2D eigenvalue weighted by Gasteiger charge is 1.80. The summed E-state index contributed by atoms with van der Waals surface area (Å²) in [4.78, 5) is 0. The maximum Gasteiger partial charge on any atom is 0.0258 e. The van der Waals surface area contributed by atoms with Crippen molar-refractivity contribution in [2.45, 2.75) is 26.7 Å².